The molecule has 0 radical (unpaired) electrons. The second kappa shape index (κ2) is 4.02. The van der Waals surface area contributed by atoms with Crippen LogP contribution in [0.2, 0.25) is 0 Å². The molecule has 1 aliphatic carbocycles. The minimum Gasteiger partial charge on any atom is -0.351 e. The SMILES string of the molecule is Cc1cnoc1C(=O)NC(CN)C1CC1. The molecule has 0 aliphatic heterocycles. The molecular weight excluding hydrogens is 194 g/mol. The Hall–Kier alpha value is -1.36. The van der Waals surface area contributed by atoms with Crippen molar-refractivity contribution < 1.29 is 9.32 Å². The fourth-order valence-electron chi connectivity index (χ4n) is 1.61. The Kier molecular flexibility index (Phi) is 2.73. The van der Waals surface area contributed by atoms with E-state index in [-0.39, 0.29) is 17.7 Å². The molecule has 1 amide bonds. The van der Waals surface area contributed by atoms with E-state index in [1.165, 1.54) is 6.20 Å². The lowest BCUT2D eigenvalue weighted by atomic mass is 10.1. The topological polar surface area (TPSA) is 81.2 Å². The highest BCUT2D eigenvalue weighted by atomic mass is 16.5. The van der Waals surface area contributed by atoms with Crippen LogP contribution in [0.3, 0.4) is 0 Å². The van der Waals surface area contributed by atoms with Crippen molar-refractivity contribution in [3.05, 3.63) is 17.5 Å². The van der Waals surface area contributed by atoms with E-state index in [0.717, 1.165) is 18.4 Å². The first kappa shape index (κ1) is 10.2. The van der Waals surface area contributed by atoms with Gasteiger partial charge in [0.05, 0.1) is 6.20 Å². The zero-order valence-electron chi connectivity index (χ0n) is 8.69. The van der Waals surface area contributed by atoms with Gasteiger partial charge in [0, 0.05) is 18.2 Å². The molecule has 1 aromatic heterocycles. The smallest absolute Gasteiger partial charge is 0.290 e. The van der Waals surface area contributed by atoms with E-state index < -0.39 is 0 Å². The van der Waals surface area contributed by atoms with E-state index in [2.05, 4.69) is 10.5 Å². The fraction of sp³-hybridized carbons (Fsp3) is 0.600. The van der Waals surface area contributed by atoms with E-state index in [9.17, 15) is 4.79 Å². The van der Waals surface area contributed by atoms with Crippen LogP contribution in [0.5, 0.6) is 0 Å². The van der Waals surface area contributed by atoms with Gasteiger partial charge in [-0.25, -0.2) is 0 Å². The van der Waals surface area contributed by atoms with Gasteiger partial charge in [-0.15, -0.1) is 0 Å². The number of nitrogens with one attached hydrogen (secondary N) is 1. The summed E-state index contributed by atoms with van der Waals surface area (Å²) in [6, 6.07) is 0.0713. The highest BCUT2D eigenvalue weighted by Gasteiger charge is 2.32. The first-order valence-electron chi connectivity index (χ1n) is 5.14. The van der Waals surface area contributed by atoms with Crippen LogP contribution >= 0.6 is 0 Å². The van der Waals surface area contributed by atoms with Crippen LogP contribution in [0.4, 0.5) is 0 Å². The maximum absolute atomic E-state index is 11.7. The monoisotopic (exact) mass is 209 g/mol. The number of hydrogen-bond acceptors (Lipinski definition) is 4. The van der Waals surface area contributed by atoms with Crippen molar-refractivity contribution in [2.75, 3.05) is 6.54 Å². The average Bonchev–Trinajstić information content (AvgIpc) is 2.97. The largest absolute Gasteiger partial charge is 0.351 e. The van der Waals surface area contributed by atoms with Crippen LogP contribution in [0.25, 0.3) is 0 Å². The summed E-state index contributed by atoms with van der Waals surface area (Å²) in [4.78, 5) is 11.7. The Bertz CT molecular complexity index is 357. The maximum atomic E-state index is 11.7. The van der Waals surface area contributed by atoms with Crippen molar-refractivity contribution in [1.29, 1.82) is 0 Å². The van der Waals surface area contributed by atoms with Gasteiger partial charge in [0.2, 0.25) is 5.76 Å². The Morgan fingerprint density at radius 3 is 3.00 bits per heavy atom. The molecule has 1 saturated carbocycles. The van der Waals surface area contributed by atoms with Crippen molar-refractivity contribution in [3.8, 4) is 0 Å². The highest BCUT2D eigenvalue weighted by Crippen LogP contribution is 2.32. The molecule has 0 saturated heterocycles. The van der Waals surface area contributed by atoms with Crippen LogP contribution in [0, 0.1) is 12.8 Å². The maximum Gasteiger partial charge on any atom is 0.290 e. The zero-order valence-corrected chi connectivity index (χ0v) is 8.69. The third-order valence-corrected chi connectivity index (χ3v) is 2.72. The van der Waals surface area contributed by atoms with Gasteiger partial charge in [0.1, 0.15) is 0 Å². The summed E-state index contributed by atoms with van der Waals surface area (Å²) in [6.07, 6.45) is 3.83. The number of rotatable bonds is 4. The molecule has 5 nitrogen and oxygen atoms in total. The molecule has 0 bridgehead atoms. The van der Waals surface area contributed by atoms with E-state index in [4.69, 9.17) is 10.3 Å². The number of nitrogens with zero attached hydrogens (tertiary/aromatic N) is 1. The molecule has 82 valence electrons. The van der Waals surface area contributed by atoms with Gasteiger partial charge in [0.25, 0.3) is 5.91 Å². The lowest BCUT2D eigenvalue weighted by Crippen LogP contribution is -2.41. The Morgan fingerprint density at radius 2 is 2.53 bits per heavy atom. The summed E-state index contributed by atoms with van der Waals surface area (Å²) >= 11 is 0. The van der Waals surface area contributed by atoms with Crippen molar-refractivity contribution in [2.24, 2.45) is 11.7 Å². The quantitative estimate of drug-likeness (QED) is 0.754. The van der Waals surface area contributed by atoms with Gasteiger partial charge in [-0.3, -0.25) is 4.79 Å². The molecule has 1 heterocycles. The van der Waals surface area contributed by atoms with Crippen LogP contribution in [0.1, 0.15) is 29.0 Å². The van der Waals surface area contributed by atoms with Gasteiger partial charge < -0.3 is 15.6 Å². The lowest BCUT2D eigenvalue weighted by Gasteiger charge is -2.14. The molecule has 1 fully saturated rings. The van der Waals surface area contributed by atoms with Gasteiger partial charge in [-0.05, 0) is 25.7 Å². The number of carbonyl (C=O) groups excluding carboxylic acids is 1. The number of carbonyl (C=O) groups is 1. The molecule has 1 atom stereocenters. The molecule has 0 spiro atoms. The third-order valence-electron chi connectivity index (χ3n) is 2.72. The number of amides is 1. The first-order valence-corrected chi connectivity index (χ1v) is 5.14. The van der Waals surface area contributed by atoms with E-state index in [1.807, 2.05) is 0 Å². The van der Waals surface area contributed by atoms with Crippen LogP contribution in [-0.2, 0) is 0 Å². The summed E-state index contributed by atoms with van der Waals surface area (Å²) in [5.41, 5.74) is 6.34. The highest BCUT2D eigenvalue weighted by molar-refractivity contribution is 5.92. The Labute approximate surface area is 88.0 Å². The van der Waals surface area contributed by atoms with Gasteiger partial charge in [0.15, 0.2) is 0 Å². The van der Waals surface area contributed by atoms with E-state index >= 15 is 0 Å². The third kappa shape index (κ3) is 2.18. The average molecular weight is 209 g/mol. The number of aromatic nitrogens is 1. The molecular formula is C10H15N3O2. The summed E-state index contributed by atoms with van der Waals surface area (Å²) < 4.78 is 4.87. The zero-order chi connectivity index (χ0) is 10.8. The van der Waals surface area contributed by atoms with Gasteiger partial charge >= 0.3 is 0 Å². The Balaban J connectivity index is 1.99. The standard InChI is InChI=1S/C10H15N3O2/c1-6-5-12-15-9(6)10(14)13-8(4-11)7-2-3-7/h5,7-8H,2-4,11H2,1H3,(H,13,14). The molecule has 1 aromatic rings. The molecule has 1 unspecified atom stereocenters. The molecule has 15 heavy (non-hydrogen) atoms. The van der Waals surface area contributed by atoms with E-state index in [1.54, 1.807) is 6.92 Å². The van der Waals surface area contributed by atoms with Crippen LogP contribution in [-0.4, -0.2) is 23.7 Å². The minimum absolute atomic E-state index is 0.0713. The second-order valence-electron chi connectivity index (χ2n) is 3.99. The van der Waals surface area contributed by atoms with Crippen LogP contribution in [0.15, 0.2) is 10.7 Å². The molecule has 3 N–H and O–H groups in total. The van der Waals surface area contributed by atoms with E-state index in [0.29, 0.717) is 12.5 Å². The number of nitrogens with two attached hydrogens (primary N) is 1. The second-order valence-corrected chi connectivity index (χ2v) is 3.99. The summed E-state index contributed by atoms with van der Waals surface area (Å²) in [6.45, 7) is 2.27. The Morgan fingerprint density at radius 1 is 1.80 bits per heavy atom. The molecule has 2 rings (SSSR count). The van der Waals surface area contributed by atoms with Crippen molar-refractivity contribution in [3.63, 3.8) is 0 Å². The molecule has 1 aliphatic rings. The van der Waals surface area contributed by atoms with Gasteiger partial charge in [-0.1, -0.05) is 5.16 Å². The summed E-state index contributed by atoms with van der Waals surface area (Å²) in [7, 11) is 0. The van der Waals surface area contributed by atoms with Gasteiger partial charge in [-0.2, -0.15) is 0 Å². The first-order chi connectivity index (χ1) is 7.22. The minimum atomic E-state index is -0.215. The summed E-state index contributed by atoms with van der Waals surface area (Å²) in [5.74, 6) is 0.614. The summed E-state index contributed by atoms with van der Waals surface area (Å²) in [5, 5.41) is 6.44. The van der Waals surface area contributed by atoms with Crippen molar-refractivity contribution >= 4 is 5.91 Å². The predicted octanol–water partition coefficient (Wildman–Crippen LogP) is 0.450. The normalized spacial score (nSPS) is 17.5. The number of hydrogen-bond donors (Lipinski definition) is 2. The van der Waals surface area contributed by atoms with Crippen molar-refractivity contribution in [2.45, 2.75) is 25.8 Å². The van der Waals surface area contributed by atoms with Crippen LogP contribution < -0.4 is 11.1 Å². The molecule has 5 heteroatoms. The lowest BCUT2D eigenvalue weighted by molar-refractivity contribution is 0.0895. The van der Waals surface area contributed by atoms with Crippen molar-refractivity contribution in [1.82, 2.24) is 10.5 Å². The number of aryl methyl sites for hydroxylation is 1. The molecule has 0 aromatic carbocycles. The fourth-order valence-corrected chi connectivity index (χ4v) is 1.61. The predicted molar refractivity (Wildman–Crippen MR) is 54.3 cm³/mol.